The van der Waals surface area contributed by atoms with Crippen LogP contribution in [0.2, 0.25) is 5.02 Å². The van der Waals surface area contributed by atoms with E-state index in [1.807, 2.05) is 24.0 Å². The number of hydrogen-bond acceptors (Lipinski definition) is 4. The van der Waals surface area contributed by atoms with E-state index in [4.69, 9.17) is 16.1 Å². The molecule has 2 atom stereocenters. The van der Waals surface area contributed by atoms with E-state index in [2.05, 4.69) is 17.4 Å². The highest BCUT2D eigenvalue weighted by Gasteiger charge is 2.30. The maximum Gasteiger partial charge on any atom is 0.276 e. The van der Waals surface area contributed by atoms with Crippen molar-refractivity contribution in [2.45, 2.75) is 25.9 Å². The van der Waals surface area contributed by atoms with Crippen LogP contribution in [0.1, 0.15) is 24.3 Å². The third-order valence-corrected chi connectivity index (χ3v) is 4.41. The van der Waals surface area contributed by atoms with Crippen molar-refractivity contribution in [3.63, 3.8) is 0 Å². The van der Waals surface area contributed by atoms with Gasteiger partial charge in [0.05, 0.1) is 0 Å². The summed E-state index contributed by atoms with van der Waals surface area (Å²) in [6, 6.07) is 9.31. The lowest BCUT2D eigenvalue weighted by Gasteiger charge is -2.38. The van der Waals surface area contributed by atoms with Crippen LogP contribution in [0.5, 0.6) is 0 Å². The van der Waals surface area contributed by atoms with Crippen LogP contribution in [0.4, 0.5) is 0 Å². The van der Waals surface area contributed by atoms with Crippen LogP contribution < -0.4 is 5.32 Å². The molecule has 1 aromatic carbocycles. The van der Waals surface area contributed by atoms with Gasteiger partial charge in [-0.05, 0) is 38.1 Å². The number of rotatable bonds is 2. The van der Waals surface area contributed by atoms with Crippen molar-refractivity contribution in [2.75, 3.05) is 13.1 Å². The SMILES string of the molecule is CC1NCCN(C(=O)c2cc(-c3ccc(Cl)cc3)on2)C1C. The molecular formula is C16H18ClN3O2. The Balaban J connectivity index is 1.81. The van der Waals surface area contributed by atoms with E-state index >= 15 is 0 Å². The Bertz CT molecular complexity index is 668. The minimum Gasteiger partial charge on any atom is -0.355 e. The largest absolute Gasteiger partial charge is 0.355 e. The standard InChI is InChI=1S/C16H18ClN3O2/c1-10-11(2)20(8-7-18-10)16(21)14-9-15(22-19-14)12-3-5-13(17)6-4-12/h3-6,9-11,18H,7-8H2,1-2H3. The Morgan fingerprint density at radius 1 is 1.36 bits per heavy atom. The van der Waals surface area contributed by atoms with Gasteiger partial charge in [-0.25, -0.2) is 0 Å². The number of hydrogen-bond donors (Lipinski definition) is 1. The highest BCUT2D eigenvalue weighted by atomic mass is 35.5. The lowest BCUT2D eigenvalue weighted by Crippen LogP contribution is -2.57. The summed E-state index contributed by atoms with van der Waals surface area (Å²) in [6.07, 6.45) is 0. The molecule has 2 aromatic rings. The van der Waals surface area contributed by atoms with Crippen molar-refractivity contribution in [2.24, 2.45) is 0 Å². The van der Waals surface area contributed by atoms with Crippen molar-refractivity contribution in [1.29, 1.82) is 0 Å². The van der Waals surface area contributed by atoms with Crippen LogP contribution in [0.3, 0.4) is 0 Å². The van der Waals surface area contributed by atoms with Gasteiger partial charge >= 0.3 is 0 Å². The molecule has 1 aliphatic heterocycles. The summed E-state index contributed by atoms with van der Waals surface area (Å²) in [7, 11) is 0. The average molecular weight is 320 g/mol. The minimum absolute atomic E-state index is 0.0928. The first-order valence-electron chi connectivity index (χ1n) is 7.33. The van der Waals surface area contributed by atoms with Gasteiger partial charge in [0.2, 0.25) is 0 Å². The second kappa shape index (κ2) is 6.10. The smallest absolute Gasteiger partial charge is 0.276 e. The second-order valence-electron chi connectivity index (χ2n) is 5.57. The molecule has 6 heteroatoms. The van der Waals surface area contributed by atoms with E-state index in [0.29, 0.717) is 23.0 Å². The zero-order valence-corrected chi connectivity index (χ0v) is 13.3. The highest BCUT2D eigenvalue weighted by molar-refractivity contribution is 6.30. The summed E-state index contributed by atoms with van der Waals surface area (Å²) in [4.78, 5) is 14.4. The quantitative estimate of drug-likeness (QED) is 0.924. The molecule has 5 nitrogen and oxygen atoms in total. The molecule has 1 aliphatic rings. The minimum atomic E-state index is -0.0928. The van der Waals surface area contributed by atoms with Crippen LogP contribution in [-0.2, 0) is 0 Å². The molecular weight excluding hydrogens is 302 g/mol. The van der Waals surface area contributed by atoms with Crippen molar-refractivity contribution in [3.8, 4) is 11.3 Å². The summed E-state index contributed by atoms with van der Waals surface area (Å²) in [5, 5.41) is 7.94. The average Bonchev–Trinajstić information content (AvgIpc) is 3.00. The zero-order chi connectivity index (χ0) is 15.7. The van der Waals surface area contributed by atoms with E-state index in [9.17, 15) is 4.79 Å². The lowest BCUT2D eigenvalue weighted by molar-refractivity contribution is 0.0592. The summed E-state index contributed by atoms with van der Waals surface area (Å²) in [5.74, 6) is 0.473. The van der Waals surface area contributed by atoms with Crippen LogP contribution in [-0.4, -0.2) is 41.1 Å². The van der Waals surface area contributed by atoms with Gasteiger partial charge in [0, 0.05) is 41.8 Å². The lowest BCUT2D eigenvalue weighted by atomic mass is 10.1. The van der Waals surface area contributed by atoms with E-state index < -0.39 is 0 Å². The Morgan fingerprint density at radius 3 is 2.82 bits per heavy atom. The number of piperazine rings is 1. The first-order valence-corrected chi connectivity index (χ1v) is 7.71. The van der Waals surface area contributed by atoms with Gasteiger partial charge in [-0.1, -0.05) is 16.8 Å². The molecule has 1 amide bonds. The van der Waals surface area contributed by atoms with E-state index in [0.717, 1.165) is 12.1 Å². The van der Waals surface area contributed by atoms with Crippen LogP contribution in [0, 0.1) is 0 Å². The fraction of sp³-hybridized carbons (Fsp3) is 0.375. The fourth-order valence-electron chi connectivity index (χ4n) is 2.62. The van der Waals surface area contributed by atoms with E-state index in [1.54, 1.807) is 18.2 Å². The monoisotopic (exact) mass is 319 g/mol. The number of carbonyl (C=O) groups excluding carboxylic acids is 1. The Hall–Kier alpha value is -1.85. The molecule has 2 heterocycles. The Labute approximate surface area is 134 Å². The van der Waals surface area contributed by atoms with Crippen molar-refractivity contribution in [3.05, 3.63) is 41.0 Å². The third-order valence-electron chi connectivity index (χ3n) is 4.15. The Morgan fingerprint density at radius 2 is 2.09 bits per heavy atom. The molecule has 1 N–H and O–H groups in total. The fourth-order valence-corrected chi connectivity index (χ4v) is 2.74. The molecule has 0 radical (unpaired) electrons. The molecule has 0 spiro atoms. The van der Waals surface area contributed by atoms with Gasteiger partial charge in [-0.15, -0.1) is 0 Å². The van der Waals surface area contributed by atoms with Crippen LogP contribution in [0.15, 0.2) is 34.9 Å². The van der Waals surface area contributed by atoms with Gasteiger partial charge < -0.3 is 14.7 Å². The van der Waals surface area contributed by atoms with Crippen molar-refractivity contribution in [1.82, 2.24) is 15.4 Å². The molecule has 116 valence electrons. The zero-order valence-electron chi connectivity index (χ0n) is 12.5. The first kappa shape index (κ1) is 15.1. The molecule has 3 rings (SSSR count). The number of aromatic nitrogens is 1. The van der Waals surface area contributed by atoms with Gasteiger partial charge in [-0.3, -0.25) is 4.79 Å². The molecule has 22 heavy (non-hydrogen) atoms. The summed E-state index contributed by atoms with van der Waals surface area (Å²) >= 11 is 5.87. The number of halogens is 1. The molecule has 0 bridgehead atoms. The van der Waals surface area contributed by atoms with Gasteiger partial charge in [0.1, 0.15) is 0 Å². The van der Waals surface area contributed by atoms with Crippen molar-refractivity contribution < 1.29 is 9.32 Å². The number of carbonyl (C=O) groups is 1. The van der Waals surface area contributed by atoms with Gasteiger partial charge in [-0.2, -0.15) is 0 Å². The summed E-state index contributed by atoms with van der Waals surface area (Å²) < 4.78 is 5.31. The molecule has 0 saturated carbocycles. The highest BCUT2D eigenvalue weighted by Crippen LogP contribution is 2.23. The second-order valence-corrected chi connectivity index (χ2v) is 6.00. The normalized spacial score (nSPS) is 21.9. The number of nitrogens with one attached hydrogen (secondary N) is 1. The maximum absolute atomic E-state index is 12.6. The van der Waals surface area contributed by atoms with Crippen LogP contribution >= 0.6 is 11.6 Å². The summed E-state index contributed by atoms with van der Waals surface area (Å²) in [6.45, 7) is 5.58. The van der Waals surface area contributed by atoms with Crippen molar-refractivity contribution >= 4 is 17.5 Å². The predicted molar refractivity (Wildman–Crippen MR) is 84.9 cm³/mol. The number of amides is 1. The molecule has 1 fully saturated rings. The Kier molecular flexibility index (Phi) is 4.18. The van der Waals surface area contributed by atoms with Crippen LogP contribution in [0.25, 0.3) is 11.3 Å². The molecule has 1 aromatic heterocycles. The first-order chi connectivity index (χ1) is 10.6. The van der Waals surface area contributed by atoms with Gasteiger partial charge in [0.25, 0.3) is 5.91 Å². The van der Waals surface area contributed by atoms with E-state index in [1.165, 1.54) is 0 Å². The third kappa shape index (κ3) is 2.87. The summed E-state index contributed by atoms with van der Waals surface area (Å²) in [5.41, 5.74) is 1.18. The van der Waals surface area contributed by atoms with E-state index in [-0.39, 0.29) is 18.0 Å². The van der Waals surface area contributed by atoms with Gasteiger partial charge in [0.15, 0.2) is 11.5 Å². The molecule has 1 saturated heterocycles. The molecule has 2 unspecified atom stereocenters. The number of benzene rings is 1. The maximum atomic E-state index is 12.6. The molecule has 0 aliphatic carbocycles. The predicted octanol–water partition coefficient (Wildman–Crippen LogP) is 2.82. The number of nitrogens with zero attached hydrogens (tertiary/aromatic N) is 2. The topological polar surface area (TPSA) is 58.4 Å².